The van der Waals surface area contributed by atoms with Gasteiger partial charge in [0.1, 0.15) is 5.58 Å². The third-order valence-corrected chi connectivity index (χ3v) is 7.95. The van der Waals surface area contributed by atoms with Crippen molar-refractivity contribution in [3.05, 3.63) is 103 Å². The lowest BCUT2D eigenvalue weighted by atomic mass is 10.1. The quantitative estimate of drug-likeness (QED) is 0.249. The average Bonchev–Trinajstić information content (AvgIpc) is 3.53. The standard InChI is InChI=1S/C30H17NOS/c1-4-10-25-19(7-1)22-14-15-23-20-8-2-5-11-26(20)32-30(23)29(22)31(25)18-13-16-28-24(17-18)21-9-3-6-12-27(21)33-28/h1-17H. The van der Waals surface area contributed by atoms with Gasteiger partial charge in [-0.1, -0.05) is 60.7 Å². The summed E-state index contributed by atoms with van der Waals surface area (Å²) in [5, 5.41) is 7.39. The summed E-state index contributed by atoms with van der Waals surface area (Å²) in [7, 11) is 0. The van der Waals surface area contributed by atoms with Crippen LogP contribution in [0.25, 0.3) is 69.6 Å². The van der Waals surface area contributed by atoms with Gasteiger partial charge in [0.05, 0.1) is 11.0 Å². The number of fused-ring (bicyclic) bond motifs is 10. The first-order valence-electron chi connectivity index (χ1n) is 11.1. The summed E-state index contributed by atoms with van der Waals surface area (Å²) in [6.07, 6.45) is 0. The molecule has 0 atom stereocenters. The molecule has 0 unspecified atom stereocenters. The highest BCUT2D eigenvalue weighted by molar-refractivity contribution is 7.25. The Morgan fingerprint density at radius 2 is 1.27 bits per heavy atom. The van der Waals surface area contributed by atoms with Gasteiger partial charge in [0.25, 0.3) is 0 Å². The van der Waals surface area contributed by atoms with Crippen molar-refractivity contribution < 1.29 is 4.42 Å². The first-order valence-corrected chi connectivity index (χ1v) is 11.9. The third kappa shape index (κ3) is 2.27. The van der Waals surface area contributed by atoms with E-state index in [4.69, 9.17) is 4.42 Å². The zero-order valence-electron chi connectivity index (χ0n) is 17.6. The number of rotatable bonds is 1. The van der Waals surface area contributed by atoms with Crippen molar-refractivity contribution in [2.75, 3.05) is 0 Å². The lowest BCUT2D eigenvalue weighted by molar-refractivity contribution is 0.671. The molecule has 5 aromatic carbocycles. The molecule has 0 amide bonds. The first-order chi connectivity index (χ1) is 16.4. The Balaban J connectivity index is 1.57. The number of thiophene rings is 1. The fourth-order valence-corrected chi connectivity index (χ4v) is 6.44. The van der Waals surface area contributed by atoms with Crippen molar-refractivity contribution in [1.29, 1.82) is 0 Å². The number of benzene rings is 5. The molecule has 8 aromatic rings. The summed E-state index contributed by atoms with van der Waals surface area (Å²) in [6, 6.07) is 36.9. The molecule has 0 radical (unpaired) electrons. The van der Waals surface area contributed by atoms with Crippen molar-refractivity contribution in [3.63, 3.8) is 0 Å². The fourth-order valence-electron chi connectivity index (χ4n) is 5.35. The van der Waals surface area contributed by atoms with E-state index in [2.05, 4.69) is 102 Å². The maximum absolute atomic E-state index is 6.48. The molecule has 33 heavy (non-hydrogen) atoms. The van der Waals surface area contributed by atoms with Crippen LogP contribution in [0.1, 0.15) is 0 Å². The van der Waals surface area contributed by atoms with Crippen LogP contribution in [0.3, 0.4) is 0 Å². The molecule has 0 aliphatic rings. The van der Waals surface area contributed by atoms with Crippen molar-refractivity contribution in [2.45, 2.75) is 0 Å². The molecule has 0 saturated carbocycles. The Morgan fingerprint density at radius 3 is 2.21 bits per heavy atom. The molecule has 3 heterocycles. The summed E-state index contributed by atoms with van der Waals surface area (Å²) in [5.41, 5.74) is 5.35. The Bertz CT molecular complexity index is 2040. The van der Waals surface area contributed by atoms with E-state index in [0.717, 1.165) is 33.1 Å². The maximum Gasteiger partial charge on any atom is 0.160 e. The largest absolute Gasteiger partial charge is 0.454 e. The van der Waals surface area contributed by atoms with E-state index in [1.165, 1.54) is 36.5 Å². The number of para-hydroxylation sites is 2. The van der Waals surface area contributed by atoms with E-state index in [1.54, 1.807) is 0 Å². The van der Waals surface area contributed by atoms with Gasteiger partial charge in [0, 0.05) is 47.4 Å². The van der Waals surface area contributed by atoms with E-state index in [-0.39, 0.29) is 0 Å². The third-order valence-electron chi connectivity index (χ3n) is 6.80. The van der Waals surface area contributed by atoms with E-state index < -0.39 is 0 Å². The van der Waals surface area contributed by atoms with Crippen LogP contribution < -0.4 is 0 Å². The second kappa shape index (κ2) is 6.25. The van der Waals surface area contributed by atoms with Crippen molar-refractivity contribution in [3.8, 4) is 5.69 Å². The molecular weight excluding hydrogens is 422 g/mol. The minimum Gasteiger partial charge on any atom is -0.454 e. The van der Waals surface area contributed by atoms with Crippen LogP contribution in [-0.4, -0.2) is 4.57 Å². The Labute approximate surface area is 192 Å². The number of nitrogens with zero attached hydrogens (tertiary/aromatic N) is 1. The van der Waals surface area contributed by atoms with Gasteiger partial charge in [0.2, 0.25) is 0 Å². The Hall–Kier alpha value is -4.08. The highest BCUT2D eigenvalue weighted by atomic mass is 32.1. The predicted molar refractivity (Wildman–Crippen MR) is 141 cm³/mol. The van der Waals surface area contributed by atoms with Gasteiger partial charge in [-0.15, -0.1) is 11.3 Å². The van der Waals surface area contributed by atoms with Crippen LogP contribution in [-0.2, 0) is 0 Å². The summed E-state index contributed by atoms with van der Waals surface area (Å²) in [6.45, 7) is 0. The normalized spacial score (nSPS) is 12.2. The first kappa shape index (κ1) is 17.5. The minimum absolute atomic E-state index is 0.927. The average molecular weight is 440 g/mol. The molecule has 154 valence electrons. The summed E-state index contributed by atoms with van der Waals surface area (Å²) in [4.78, 5) is 0. The molecular formula is C30H17NOS. The van der Waals surface area contributed by atoms with Gasteiger partial charge in [-0.2, -0.15) is 0 Å². The number of furan rings is 1. The van der Waals surface area contributed by atoms with Crippen LogP contribution in [0.2, 0.25) is 0 Å². The highest BCUT2D eigenvalue weighted by Crippen LogP contribution is 2.41. The number of hydrogen-bond donors (Lipinski definition) is 0. The highest BCUT2D eigenvalue weighted by Gasteiger charge is 2.19. The lowest BCUT2D eigenvalue weighted by Gasteiger charge is -2.08. The SMILES string of the molecule is c1ccc2c(c1)oc1c2ccc2c3ccccc3n(-c3ccc4sc5ccccc5c4c3)c21. The van der Waals surface area contributed by atoms with Crippen LogP contribution in [0.4, 0.5) is 0 Å². The lowest BCUT2D eigenvalue weighted by Crippen LogP contribution is -1.93. The number of aromatic nitrogens is 1. The van der Waals surface area contributed by atoms with Crippen molar-refractivity contribution in [2.24, 2.45) is 0 Å². The van der Waals surface area contributed by atoms with Gasteiger partial charge < -0.3 is 8.98 Å². The van der Waals surface area contributed by atoms with Crippen LogP contribution in [0, 0.1) is 0 Å². The van der Waals surface area contributed by atoms with Gasteiger partial charge in [0.15, 0.2) is 5.58 Å². The molecule has 0 spiro atoms. The molecule has 0 aliphatic heterocycles. The molecule has 3 heteroatoms. The van der Waals surface area contributed by atoms with E-state index in [9.17, 15) is 0 Å². The Kier molecular flexibility index (Phi) is 3.31. The van der Waals surface area contributed by atoms with E-state index >= 15 is 0 Å². The topological polar surface area (TPSA) is 18.1 Å². The van der Waals surface area contributed by atoms with Gasteiger partial charge in [-0.3, -0.25) is 0 Å². The molecule has 0 bridgehead atoms. The summed E-state index contributed by atoms with van der Waals surface area (Å²) < 4.78 is 11.5. The van der Waals surface area contributed by atoms with Gasteiger partial charge in [-0.25, -0.2) is 0 Å². The van der Waals surface area contributed by atoms with Crippen LogP contribution in [0.5, 0.6) is 0 Å². The second-order valence-electron chi connectivity index (χ2n) is 8.57. The molecule has 0 N–H and O–H groups in total. The Morgan fingerprint density at radius 1 is 0.545 bits per heavy atom. The molecule has 0 saturated heterocycles. The zero-order valence-corrected chi connectivity index (χ0v) is 18.4. The van der Waals surface area contributed by atoms with E-state index in [1.807, 2.05) is 17.4 Å². The molecule has 0 fully saturated rings. The molecule has 8 rings (SSSR count). The predicted octanol–water partition coefficient (Wildman–Crippen LogP) is 9.05. The summed E-state index contributed by atoms with van der Waals surface area (Å²) >= 11 is 1.85. The van der Waals surface area contributed by atoms with Crippen LogP contribution >= 0.6 is 11.3 Å². The smallest absolute Gasteiger partial charge is 0.160 e. The number of hydrogen-bond acceptors (Lipinski definition) is 2. The van der Waals surface area contributed by atoms with E-state index in [0.29, 0.717) is 0 Å². The second-order valence-corrected chi connectivity index (χ2v) is 9.65. The molecule has 0 aliphatic carbocycles. The zero-order chi connectivity index (χ0) is 21.5. The minimum atomic E-state index is 0.927. The maximum atomic E-state index is 6.48. The fraction of sp³-hybridized carbons (Fsp3) is 0. The molecule has 2 nitrogen and oxygen atoms in total. The van der Waals surface area contributed by atoms with Crippen LogP contribution in [0.15, 0.2) is 108 Å². The van der Waals surface area contributed by atoms with Gasteiger partial charge >= 0.3 is 0 Å². The monoisotopic (exact) mass is 439 g/mol. The van der Waals surface area contributed by atoms with Crippen molar-refractivity contribution >= 4 is 75.3 Å². The molecule has 3 aromatic heterocycles. The van der Waals surface area contributed by atoms with Gasteiger partial charge in [-0.05, 0) is 42.5 Å². The summed E-state index contributed by atoms with van der Waals surface area (Å²) in [5.74, 6) is 0. The van der Waals surface area contributed by atoms with Crippen molar-refractivity contribution in [1.82, 2.24) is 4.57 Å².